The van der Waals surface area contributed by atoms with Crippen LogP contribution in [-0.2, 0) is 13.0 Å². The molecule has 2 aromatic heterocycles. The number of hydrogen-bond donors (Lipinski definition) is 2. The fraction of sp³-hybridized carbons (Fsp3) is 0.500. The molecule has 7 heteroatoms. The molecule has 0 fully saturated rings. The van der Waals surface area contributed by atoms with E-state index in [1.165, 1.54) is 0 Å². The second-order valence-electron chi connectivity index (χ2n) is 5.40. The molecule has 0 aromatic carbocycles. The number of aliphatic imine (C=N–C) groups is 1. The van der Waals surface area contributed by atoms with Crippen LogP contribution in [0.4, 0.5) is 0 Å². The molecule has 2 N–H and O–H groups in total. The molecule has 2 rings (SSSR count). The minimum atomic E-state index is 0.461. The van der Waals surface area contributed by atoms with Crippen LogP contribution in [0, 0.1) is 0 Å². The van der Waals surface area contributed by atoms with Crippen LogP contribution in [0.2, 0.25) is 0 Å². The molecule has 0 aliphatic rings. The molecule has 0 atom stereocenters. The topological polar surface area (TPSA) is 62.5 Å². The number of aromatic nitrogens is 1. The quantitative estimate of drug-likeness (QED) is 0.547. The van der Waals surface area contributed by atoms with E-state index in [4.69, 9.17) is 4.42 Å². The lowest BCUT2D eigenvalue weighted by Crippen LogP contribution is -2.38. The highest BCUT2D eigenvalue weighted by Gasteiger charge is 2.06. The van der Waals surface area contributed by atoms with Crippen molar-refractivity contribution in [3.05, 3.63) is 38.6 Å². The van der Waals surface area contributed by atoms with E-state index < -0.39 is 0 Å². The van der Waals surface area contributed by atoms with Gasteiger partial charge in [0.25, 0.3) is 0 Å². The van der Waals surface area contributed by atoms with E-state index in [-0.39, 0.29) is 0 Å². The molecule has 0 bridgehead atoms. The number of nitrogens with one attached hydrogen (secondary N) is 2. The van der Waals surface area contributed by atoms with E-state index in [1.54, 1.807) is 11.3 Å². The third kappa shape index (κ3) is 5.99. The van der Waals surface area contributed by atoms with E-state index in [2.05, 4.69) is 62.7 Å². The Hall–Kier alpha value is -1.34. The number of nitrogens with zero attached hydrogens (tertiary/aromatic N) is 2. The van der Waals surface area contributed by atoms with Gasteiger partial charge >= 0.3 is 0 Å². The van der Waals surface area contributed by atoms with Crippen LogP contribution in [-0.4, -0.2) is 24.0 Å². The summed E-state index contributed by atoms with van der Waals surface area (Å²) in [7, 11) is 0. The van der Waals surface area contributed by atoms with E-state index in [9.17, 15) is 0 Å². The van der Waals surface area contributed by atoms with Crippen LogP contribution < -0.4 is 10.6 Å². The van der Waals surface area contributed by atoms with Gasteiger partial charge in [0.1, 0.15) is 10.8 Å². The van der Waals surface area contributed by atoms with Crippen LogP contribution in [0.25, 0.3) is 0 Å². The number of rotatable bonds is 7. The Morgan fingerprint density at radius 2 is 2.22 bits per heavy atom. The Kier molecular flexibility index (Phi) is 7.11. The predicted octanol–water partition coefficient (Wildman–Crippen LogP) is 3.92. The number of guanidine groups is 1. The molecule has 0 radical (unpaired) electrons. The first-order valence-electron chi connectivity index (χ1n) is 7.79. The number of hydrogen-bond acceptors (Lipinski definition) is 4. The summed E-state index contributed by atoms with van der Waals surface area (Å²) < 4.78 is 6.25. The van der Waals surface area contributed by atoms with Gasteiger partial charge in [-0.15, -0.1) is 11.3 Å². The monoisotopic (exact) mass is 398 g/mol. The molecular formula is C16H23BrN4OS. The maximum atomic E-state index is 5.49. The van der Waals surface area contributed by atoms with Gasteiger partial charge in [0.15, 0.2) is 10.6 Å². The Bertz CT molecular complexity index is 636. The van der Waals surface area contributed by atoms with Crippen molar-refractivity contribution in [3.63, 3.8) is 0 Å². The first-order chi connectivity index (χ1) is 11.1. The molecule has 0 unspecified atom stereocenters. The summed E-state index contributed by atoms with van der Waals surface area (Å²) in [4.78, 5) is 9.20. The van der Waals surface area contributed by atoms with E-state index in [0.29, 0.717) is 12.5 Å². The van der Waals surface area contributed by atoms with Crippen molar-refractivity contribution in [2.45, 2.75) is 39.7 Å². The van der Waals surface area contributed by atoms with Crippen LogP contribution in [0.5, 0.6) is 0 Å². The third-order valence-corrected chi connectivity index (χ3v) is 4.45. The van der Waals surface area contributed by atoms with Crippen LogP contribution in [0.1, 0.15) is 43.2 Å². The summed E-state index contributed by atoms with van der Waals surface area (Å²) in [5.74, 6) is 2.21. The second-order valence-corrected chi connectivity index (χ2v) is 7.12. The molecule has 0 aliphatic heterocycles. The minimum Gasteiger partial charge on any atom is -0.454 e. The van der Waals surface area contributed by atoms with E-state index in [1.807, 2.05) is 12.1 Å². The molecule has 2 aromatic rings. The minimum absolute atomic E-state index is 0.461. The smallest absolute Gasteiger partial charge is 0.191 e. The van der Waals surface area contributed by atoms with Crippen molar-refractivity contribution in [2.24, 2.45) is 4.99 Å². The number of thiazole rings is 1. The summed E-state index contributed by atoms with van der Waals surface area (Å²) in [5.41, 5.74) is 1.14. The zero-order chi connectivity index (χ0) is 16.7. The molecular weight excluding hydrogens is 376 g/mol. The van der Waals surface area contributed by atoms with E-state index >= 15 is 0 Å². The average Bonchev–Trinajstić information content (AvgIpc) is 3.14. The van der Waals surface area contributed by atoms with Crippen molar-refractivity contribution in [3.8, 4) is 0 Å². The largest absolute Gasteiger partial charge is 0.454 e. The summed E-state index contributed by atoms with van der Waals surface area (Å²) >= 11 is 4.98. The van der Waals surface area contributed by atoms with Gasteiger partial charge in [-0.2, -0.15) is 0 Å². The maximum Gasteiger partial charge on any atom is 0.191 e. The Morgan fingerprint density at radius 3 is 2.83 bits per heavy atom. The molecule has 23 heavy (non-hydrogen) atoms. The van der Waals surface area contributed by atoms with Crippen molar-refractivity contribution in [2.75, 3.05) is 13.1 Å². The third-order valence-electron chi connectivity index (χ3n) is 3.17. The summed E-state index contributed by atoms with van der Waals surface area (Å²) in [6, 6.07) is 3.88. The van der Waals surface area contributed by atoms with Gasteiger partial charge in [0.2, 0.25) is 0 Å². The molecule has 5 nitrogen and oxygen atoms in total. The summed E-state index contributed by atoms with van der Waals surface area (Å²) in [6.07, 6.45) is 0.810. The van der Waals surface area contributed by atoms with Crippen molar-refractivity contribution >= 4 is 33.2 Å². The van der Waals surface area contributed by atoms with Gasteiger partial charge in [0.05, 0.1) is 12.2 Å². The maximum absolute atomic E-state index is 5.49. The molecule has 0 saturated heterocycles. The number of furan rings is 1. The lowest BCUT2D eigenvalue weighted by Gasteiger charge is -2.10. The molecule has 0 amide bonds. The lowest BCUT2D eigenvalue weighted by molar-refractivity contribution is 0.486. The first-order valence-corrected chi connectivity index (χ1v) is 9.46. The van der Waals surface area contributed by atoms with Crippen molar-refractivity contribution < 1.29 is 4.42 Å². The highest BCUT2D eigenvalue weighted by Crippen LogP contribution is 2.18. The zero-order valence-electron chi connectivity index (χ0n) is 13.7. The number of halogens is 1. The average molecular weight is 399 g/mol. The predicted molar refractivity (Wildman–Crippen MR) is 99.1 cm³/mol. The summed E-state index contributed by atoms with van der Waals surface area (Å²) in [6.45, 7) is 8.55. The summed E-state index contributed by atoms with van der Waals surface area (Å²) in [5, 5.41) is 9.73. The Labute approximate surface area is 149 Å². The first kappa shape index (κ1) is 18.0. The van der Waals surface area contributed by atoms with Crippen molar-refractivity contribution in [1.82, 2.24) is 15.6 Å². The van der Waals surface area contributed by atoms with E-state index in [0.717, 1.165) is 46.6 Å². The Balaban J connectivity index is 1.85. The fourth-order valence-electron chi connectivity index (χ4n) is 1.94. The zero-order valence-corrected chi connectivity index (χ0v) is 16.1. The second kappa shape index (κ2) is 9.08. The molecule has 0 aliphatic carbocycles. The molecule has 0 spiro atoms. The fourth-order valence-corrected chi connectivity index (χ4v) is 3.16. The highest BCUT2D eigenvalue weighted by molar-refractivity contribution is 9.10. The van der Waals surface area contributed by atoms with Crippen LogP contribution in [0.3, 0.4) is 0 Å². The molecule has 2 heterocycles. The lowest BCUT2D eigenvalue weighted by atomic mass is 10.2. The van der Waals surface area contributed by atoms with Gasteiger partial charge in [-0.1, -0.05) is 13.8 Å². The normalized spacial score (nSPS) is 12.0. The van der Waals surface area contributed by atoms with Gasteiger partial charge in [0, 0.05) is 24.9 Å². The van der Waals surface area contributed by atoms with Crippen molar-refractivity contribution in [1.29, 1.82) is 0 Å². The SMILES string of the molecule is CCNC(=NCc1nc(C(C)C)cs1)NCCc1ccc(Br)o1. The van der Waals surface area contributed by atoms with Crippen LogP contribution >= 0.6 is 27.3 Å². The standard InChI is InChI=1S/C16H23BrN4OS/c1-4-18-16(19-8-7-12-5-6-14(17)22-12)20-9-15-21-13(10-23-15)11(2)3/h5-6,10-11H,4,7-9H2,1-3H3,(H2,18,19,20). The van der Waals surface area contributed by atoms with Gasteiger partial charge < -0.3 is 15.1 Å². The van der Waals surface area contributed by atoms with Gasteiger partial charge in [-0.05, 0) is 40.9 Å². The molecule has 0 saturated carbocycles. The van der Waals surface area contributed by atoms with Gasteiger partial charge in [-0.3, -0.25) is 0 Å². The van der Waals surface area contributed by atoms with Gasteiger partial charge in [-0.25, -0.2) is 9.98 Å². The Morgan fingerprint density at radius 1 is 1.39 bits per heavy atom. The molecule has 126 valence electrons. The van der Waals surface area contributed by atoms with Crippen LogP contribution in [0.15, 0.2) is 31.6 Å². The highest BCUT2D eigenvalue weighted by atomic mass is 79.9.